The second-order valence-corrected chi connectivity index (χ2v) is 8.23. The van der Waals surface area contributed by atoms with Crippen molar-refractivity contribution in [2.24, 2.45) is 5.10 Å². The highest BCUT2D eigenvalue weighted by molar-refractivity contribution is 6.05. The summed E-state index contributed by atoms with van der Waals surface area (Å²) in [5.41, 5.74) is 3.43. The average molecular weight is 491 g/mol. The zero-order valence-electron chi connectivity index (χ0n) is 19.8. The Balaban J connectivity index is 1.42. The second-order valence-electron chi connectivity index (χ2n) is 8.23. The van der Waals surface area contributed by atoms with Gasteiger partial charge in [-0.05, 0) is 64.0 Å². The van der Waals surface area contributed by atoms with Crippen molar-refractivity contribution in [2.45, 2.75) is 0 Å². The molecule has 0 aliphatic carbocycles. The van der Waals surface area contributed by atoms with Crippen molar-refractivity contribution >= 4 is 39.6 Å². The number of hydrogen-bond acceptors (Lipinski definition) is 6. The van der Waals surface area contributed by atoms with E-state index in [0.29, 0.717) is 16.9 Å². The fourth-order valence-corrected chi connectivity index (χ4v) is 4.01. The van der Waals surface area contributed by atoms with Crippen molar-refractivity contribution in [3.8, 4) is 17.2 Å². The molecule has 0 atom stereocenters. The number of phenolic OH excluding ortho intramolecular Hbond substituents is 1. The fourth-order valence-electron chi connectivity index (χ4n) is 4.01. The van der Waals surface area contributed by atoms with Crippen LogP contribution in [0, 0.1) is 0 Å². The van der Waals surface area contributed by atoms with Gasteiger partial charge in [0.15, 0.2) is 0 Å². The van der Waals surface area contributed by atoms with E-state index >= 15 is 0 Å². The molecule has 0 spiro atoms. The molecular weight excluding hydrogens is 468 g/mol. The van der Waals surface area contributed by atoms with Crippen molar-refractivity contribution in [3.63, 3.8) is 0 Å². The predicted octanol–water partition coefficient (Wildman–Crippen LogP) is 5.69. The number of hydrazone groups is 1. The minimum absolute atomic E-state index is 0.0972. The van der Waals surface area contributed by atoms with Gasteiger partial charge in [0, 0.05) is 5.56 Å². The third-order valence-electron chi connectivity index (χ3n) is 5.93. The number of hydrogen-bond donors (Lipinski definition) is 2. The molecule has 5 aromatic carbocycles. The normalized spacial score (nSPS) is 11.1. The average Bonchev–Trinajstić information content (AvgIpc) is 2.93. The molecule has 0 heterocycles. The van der Waals surface area contributed by atoms with Crippen molar-refractivity contribution in [1.29, 1.82) is 0 Å². The molecule has 5 aromatic rings. The Bertz CT molecular complexity index is 1660. The number of fused-ring (bicyclic) bond motifs is 2. The van der Waals surface area contributed by atoms with Gasteiger partial charge < -0.3 is 14.6 Å². The molecule has 7 nitrogen and oxygen atoms in total. The van der Waals surface area contributed by atoms with Crippen LogP contribution in [0.4, 0.5) is 0 Å². The number of ether oxygens (including phenoxy) is 2. The molecule has 0 aliphatic heterocycles. The number of rotatable bonds is 6. The van der Waals surface area contributed by atoms with Crippen LogP contribution in [0.3, 0.4) is 0 Å². The van der Waals surface area contributed by atoms with Crippen LogP contribution in [0.15, 0.2) is 102 Å². The first-order valence-electron chi connectivity index (χ1n) is 11.5. The molecule has 7 heteroatoms. The lowest BCUT2D eigenvalue weighted by atomic mass is 10.0. The van der Waals surface area contributed by atoms with E-state index in [9.17, 15) is 14.7 Å². The Labute approximate surface area is 212 Å². The highest BCUT2D eigenvalue weighted by Crippen LogP contribution is 2.28. The van der Waals surface area contributed by atoms with E-state index in [4.69, 9.17) is 9.47 Å². The SMILES string of the molecule is COc1ccc(C(=O)Oc2ccc3ccccc3c2/C=N/NC(=O)c2cc3ccccc3cc2O)cc1. The summed E-state index contributed by atoms with van der Waals surface area (Å²) in [5.74, 6) is -0.353. The molecule has 1 amide bonds. The number of esters is 1. The lowest BCUT2D eigenvalue weighted by molar-refractivity contribution is 0.0734. The maximum absolute atomic E-state index is 12.8. The molecule has 182 valence electrons. The van der Waals surface area contributed by atoms with Crippen LogP contribution in [0.1, 0.15) is 26.3 Å². The van der Waals surface area contributed by atoms with Crippen LogP contribution in [0.2, 0.25) is 0 Å². The van der Waals surface area contributed by atoms with E-state index < -0.39 is 11.9 Å². The monoisotopic (exact) mass is 490 g/mol. The molecular formula is C30H22N2O5. The summed E-state index contributed by atoms with van der Waals surface area (Å²) in [6.45, 7) is 0. The first kappa shape index (κ1) is 23.6. The van der Waals surface area contributed by atoms with Crippen LogP contribution in [0.5, 0.6) is 17.2 Å². The number of amides is 1. The third kappa shape index (κ3) is 4.97. The summed E-state index contributed by atoms with van der Waals surface area (Å²) in [6, 6.07) is 28.2. The van der Waals surface area contributed by atoms with Crippen LogP contribution in [0.25, 0.3) is 21.5 Å². The summed E-state index contributed by atoms with van der Waals surface area (Å²) in [5, 5.41) is 17.8. The number of carbonyl (C=O) groups is 2. The molecule has 0 bridgehead atoms. The van der Waals surface area contributed by atoms with E-state index in [1.807, 2.05) is 54.6 Å². The van der Waals surface area contributed by atoms with Crippen molar-refractivity contribution < 1.29 is 24.2 Å². The largest absolute Gasteiger partial charge is 0.507 e. The van der Waals surface area contributed by atoms with Crippen LogP contribution >= 0.6 is 0 Å². The number of nitrogens with one attached hydrogen (secondary N) is 1. The summed E-state index contributed by atoms with van der Waals surface area (Å²) in [4.78, 5) is 25.6. The molecule has 0 saturated heterocycles. The fraction of sp³-hybridized carbons (Fsp3) is 0.0333. The number of phenols is 1. The first-order chi connectivity index (χ1) is 18.0. The smallest absolute Gasteiger partial charge is 0.343 e. The lowest BCUT2D eigenvalue weighted by Crippen LogP contribution is -2.18. The van der Waals surface area contributed by atoms with Gasteiger partial charge in [-0.15, -0.1) is 0 Å². The highest BCUT2D eigenvalue weighted by atomic mass is 16.5. The molecule has 0 aliphatic rings. The molecule has 5 rings (SSSR count). The van der Waals surface area contributed by atoms with Gasteiger partial charge >= 0.3 is 5.97 Å². The van der Waals surface area contributed by atoms with Gasteiger partial charge in [0.1, 0.15) is 17.2 Å². The van der Waals surface area contributed by atoms with Gasteiger partial charge in [-0.25, -0.2) is 10.2 Å². The maximum atomic E-state index is 12.8. The Kier molecular flexibility index (Phi) is 6.50. The quantitative estimate of drug-likeness (QED) is 0.138. The second kappa shape index (κ2) is 10.2. The van der Waals surface area contributed by atoms with Gasteiger partial charge in [-0.3, -0.25) is 4.79 Å². The number of aromatic hydroxyl groups is 1. The van der Waals surface area contributed by atoms with Gasteiger partial charge in [0.25, 0.3) is 5.91 Å². The molecule has 0 fully saturated rings. The first-order valence-corrected chi connectivity index (χ1v) is 11.5. The van der Waals surface area contributed by atoms with E-state index in [1.54, 1.807) is 43.5 Å². The van der Waals surface area contributed by atoms with Crippen molar-refractivity contribution in [3.05, 3.63) is 114 Å². The summed E-state index contributed by atoms with van der Waals surface area (Å²) >= 11 is 0. The third-order valence-corrected chi connectivity index (χ3v) is 5.93. The molecule has 2 N–H and O–H groups in total. The van der Waals surface area contributed by atoms with Gasteiger partial charge in [0.2, 0.25) is 0 Å². The Hall–Kier alpha value is -5.17. The maximum Gasteiger partial charge on any atom is 0.343 e. The number of carbonyl (C=O) groups excluding carboxylic acids is 2. The van der Waals surface area contributed by atoms with Gasteiger partial charge in [0.05, 0.1) is 24.5 Å². The van der Waals surface area contributed by atoms with Gasteiger partial charge in [-0.1, -0.05) is 54.6 Å². The highest BCUT2D eigenvalue weighted by Gasteiger charge is 2.15. The number of benzene rings is 5. The van der Waals surface area contributed by atoms with E-state index in [2.05, 4.69) is 10.5 Å². The molecule has 0 unspecified atom stereocenters. The van der Waals surface area contributed by atoms with E-state index in [0.717, 1.165) is 21.5 Å². The zero-order chi connectivity index (χ0) is 25.8. The Morgan fingerprint density at radius 2 is 1.51 bits per heavy atom. The van der Waals surface area contributed by atoms with Crippen molar-refractivity contribution in [1.82, 2.24) is 5.43 Å². The molecule has 0 saturated carbocycles. The van der Waals surface area contributed by atoms with E-state index in [1.165, 1.54) is 12.3 Å². The minimum Gasteiger partial charge on any atom is -0.507 e. The van der Waals surface area contributed by atoms with Crippen LogP contribution in [-0.4, -0.2) is 30.3 Å². The topological polar surface area (TPSA) is 97.2 Å². The molecule has 0 aromatic heterocycles. The number of nitrogens with zero attached hydrogens (tertiary/aromatic N) is 1. The summed E-state index contributed by atoms with van der Waals surface area (Å²) in [6.07, 6.45) is 1.43. The molecule has 37 heavy (non-hydrogen) atoms. The predicted molar refractivity (Wildman–Crippen MR) is 143 cm³/mol. The standard InChI is InChI=1S/C30H22N2O5/c1-36-23-13-10-20(11-14-23)30(35)37-28-15-12-19-6-4-5-9-24(19)26(28)18-31-32-29(34)25-16-21-7-2-3-8-22(21)17-27(25)33/h2-18,33H,1H3,(H,32,34)/b31-18+. The summed E-state index contributed by atoms with van der Waals surface area (Å²) < 4.78 is 10.8. The number of methoxy groups -OCH3 is 1. The van der Waals surface area contributed by atoms with Crippen molar-refractivity contribution in [2.75, 3.05) is 7.11 Å². The lowest BCUT2D eigenvalue weighted by Gasteiger charge is -2.11. The van der Waals surface area contributed by atoms with E-state index in [-0.39, 0.29) is 17.1 Å². The van der Waals surface area contributed by atoms with Crippen LogP contribution < -0.4 is 14.9 Å². The summed E-state index contributed by atoms with van der Waals surface area (Å²) in [7, 11) is 1.55. The zero-order valence-corrected chi connectivity index (χ0v) is 19.8. The Morgan fingerprint density at radius 1 is 0.838 bits per heavy atom. The minimum atomic E-state index is -0.573. The van der Waals surface area contributed by atoms with Gasteiger partial charge in [-0.2, -0.15) is 5.10 Å². The Morgan fingerprint density at radius 3 is 2.24 bits per heavy atom. The molecule has 0 radical (unpaired) electrons. The van der Waals surface area contributed by atoms with Crippen LogP contribution in [-0.2, 0) is 0 Å².